The van der Waals surface area contributed by atoms with E-state index in [1.54, 1.807) is 30.9 Å². The summed E-state index contributed by atoms with van der Waals surface area (Å²) in [4.78, 5) is 29.7. The average Bonchev–Trinajstić information content (AvgIpc) is 2.88. The van der Waals surface area contributed by atoms with Gasteiger partial charge in [-0.25, -0.2) is 9.59 Å². The molecule has 3 atom stereocenters. The number of fused-ring (bicyclic) bond motifs is 1. The fraction of sp³-hybridized carbons (Fsp3) is 0.556. The number of esters is 1. The Kier molecular flexibility index (Phi) is 9.70. The highest BCUT2D eigenvalue weighted by Crippen LogP contribution is 2.45. The first-order valence-corrected chi connectivity index (χ1v) is 12.6. The molecule has 0 saturated carbocycles. The molecule has 11 heteroatoms. The summed E-state index contributed by atoms with van der Waals surface area (Å²) < 4.78 is 59.7. The standard InChI is InChI=1S/C27H35F3N2O6/c1-6-12-31(17(3)25(33)37-7-2)26(34)32-13-11-18-14-21(35-4)16-22(36-5)23(18)24(32)19-9-8-10-20(15-19)38-27(28,29)30/h8-10,14,16-17,20,24H,6-7,11-13,15H2,1-5H3. The minimum atomic E-state index is -4.81. The number of urea groups is 1. The monoisotopic (exact) mass is 540 g/mol. The Labute approximate surface area is 220 Å². The first-order chi connectivity index (χ1) is 18.0. The maximum absolute atomic E-state index is 14.1. The Morgan fingerprint density at radius 2 is 1.92 bits per heavy atom. The second-order valence-corrected chi connectivity index (χ2v) is 9.09. The van der Waals surface area contributed by atoms with Crippen molar-refractivity contribution in [3.8, 4) is 11.5 Å². The van der Waals surface area contributed by atoms with Gasteiger partial charge in [-0.3, -0.25) is 4.74 Å². The number of amides is 2. The van der Waals surface area contributed by atoms with Gasteiger partial charge in [0.25, 0.3) is 0 Å². The van der Waals surface area contributed by atoms with Crippen LogP contribution in [0.1, 0.15) is 50.8 Å². The van der Waals surface area contributed by atoms with Crippen LogP contribution in [0.15, 0.2) is 35.9 Å². The van der Waals surface area contributed by atoms with Crippen LogP contribution in [0.3, 0.4) is 0 Å². The SMILES string of the molecule is CCCN(C(=O)N1CCc2cc(OC)cc(OC)c2C1C1=CC=CC(OC(F)(F)F)C1)C(C)C(=O)OCC. The zero-order chi connectivity index (χ0) is 28.0. The number of nitrogens with zero attached hydrogens (tertiary/aromatic N) is 2. The highest BCUT2D eigenvalue weighted by molar-refractivity contribution is 5.84. The summed E-state index contributed by atoms with van der Waals surface area (Å²) in [6.45, 7) is 5.94. The average molecular weight is 541 g/mol. The van der Waals surface area contributed by atoms with E-state index in [0.717, 1.165) is 5.56 Å². The van der Waals surface area contributed by atoms with Crippen molar-refractivity contribution in [3.05, 3.63) is 47.1 Å². The molecule has 3 unspecified atom stereocenters. The summed E-state index contributed by atoms with van der Waals surface area (Å²) in [5, 5.41) is 0. The van der Waals surface area contributed by atoms with E-state index in [1.165, 1.54) is 31.3 Å². The molecule has 38 heavy (non-hydrogen) atoms. The number of allylic oxidation sites excluding steroid dienone is 2. The quantitative estimate of drug-likeness (QED) is 0.402. The fourth-order valence-electron chi connectivity index (χ4n) is 4.96. The van der Waals surface area contributed by atoms with Gasteiger partial charge in [-0.05, 0) is 43.9 Å². The summed E-state index contributed by atoms with van der Waals surface area (Å²) in [7, 11) is 3.02. The molecule has 3 rings (SSSR count). The molecule has 0 N–H and O–H groups in total. The van der Waals surface area contributed by atoms with Crippen molar-refractivity contribution in [2.45, 2.75) is 64.6 Å². The van der Waals surface area contributed by atoms with Crippen LogP contribution in [0, 0.1) is 0 Å². The van der Waals surface area contributed by atoms with Crippen molar-refractivity contribution >= 4 is 12.0 Å². The third-order valence-corrected chi connectivity index (χ3v) is 6.62. The van der Waals surface area contributed by atoms with E-state index < -0.39 is 36.6 Å². The fourth-order valence-corrected chi connectivity index (χ4v) is 4.96. The maximum Gasteiger partial charge on any atom is 0.523 e. The van der Waals surface area contributed by atoms with Gasteiger partial charge in [0.05, 0.1) is 33.0 Å². The minimum Gasteiger partial charge on any atom is -0.497 e. The molecule has 1 aliphatic heterocycles. The second-order valence-electron chi connectivity index (χ2n) is 9.09. The molecule has 2 amide bonds. The van der Waals surface area contributed by atoms with E-state index in [0.29, 0.717) is 42.0 Å². The number of rotatable bonds is 9. The third-order valence-electron chi connectivity index (χ3n) is 6.62. The molecular weight excluding hydrogens is 505 g/mol. The van der Waals surface area contributed by atoms with Crippen molar-refractivity contribution in [2.75, 3.05) is 33.9 Å². The lowest BCUT2D eigenvalue weighted by atomic mass is 9.83. The molecule has 0 bridgehead atoms. The second kappa shape index (κ2) is 12.6. The number of carbonyl (C=O) groups excluding carboxylic acids is 2. The zero-order valence-corrected chi connectivity index (χ0v) is 22.3. The number of benzene rings is 1. The van der Waals surface area contributed by atoms with Crippen molar-refractivity contribution in [1.82, 2.24) is 9.80 Å². The topological polar surface area (TPSA) is 77.5 Å². The highest BCUT2D eigenvalue weighted by atomic mass is 19.4. The Balaban J connectivity index is 2.09. The Morgan fingerprint density at radius 3 is 2.53 bits per heavy atom. The summed E-state index contributed by atoms with van der Waals surface area (Å²) in [6.07, 6.45) is -0.527. The third kappa shape index (κ3) is 6.61. The molecule has 0 fully saturated rings. The number of ether oxygens (including phenoxy) is 4. The van der Waals surface area contributed by atoms with Crippen molar-refractivity contribution in [1.29, 1.82) is 0 Å². The number of hydrogen-bond donors (Lipinski definition) is 0. The van der Waals surface area contributed by atoms with Crippen LogP contribution in [0.4, 0.5) is 18.0 Å². The number of carbonyl (C=O) groups is 2. The number of methoxy groups -OCH3 is 2. The molecule has 210 valence electrons. The molecule has 0 saturated heterocycles. The Hall–Kier alpha value is -3.21. The van der Waals surface area contributed by atoms with Gasteiger partial charge in [-0.1, -0.05) is 25.2 Å². The van der Waals surface area contributed by atoms with Crippen molar-refractivity contribution in [2.24, 2.45) is 0 Å². The number of hydrogen-bond acceptors (Lipinski definition) is 6. The molecule has 0 aromatic heterocycles. The minimum absolute atomic E-state index is 0.0830. The Morgan fingerprint density at radius 1 is 1.18 bits per heavy atom. The van der Waals surface area contributed by atoms with Crippen LogP contribution in [0.2, 0.25) is 0 Å². The first kappa shape index (κ1) is 29.3. The van der Waals surface area contributed by atoms with Gasteiger partial charge in [0.1, 0.15) is 17.5 Å². The van der Waals surface area contributed by atoms with Gasteiger partial charge in [0, 0.05) is 31.1 Å². The molecule has 1 heterocycles. The zero-order valence-electron chi connectivity index (χ0n) is 22.3. The molecule has 0 radical (unpaired) electrons. The highest BCUT2D eigenvalue weighted by Gasteiger charge is 2.41. The number of halogens is 3. The lowest BCUT2D eigenvalue weighted by molar-refractivity contribution is -0.336. The van der Waals surface area contributed by atoms with Gasteiger partial charge in [-0.2, -0.15) is 0 Å². The summed E-state index contributed by atoms with van der Waals surface area (Å²) in [5.41, 5.74) is 2.08. The van der Waals surface area contributed by atoms with Gasteiger partial charge in [0.15, 0.2) is 0 Å². The Bertz CT molecular complexity index is 1050. The largest absolute Gasteiger partial charge is 0.523 e. The van der Waals surface area contributed by atoms with Gasteiger partial charge >= 0.3 is 18.4 Å². The van der Waals surface area contributed by atoms with Gasteiger partial charge in [0.2, 0.25) is 0 Å². The van der Waals surface area contributed by atoms with E-state index >= 15 is 0 Å². The lowest BCUT2D eigenvalue weighted by Crippen LogP contribution is -2.53. The van der Waals surface area contributed by atoms with E-state index in [9.17, 15) is 22.8 Å². The number of alkyl halides is 3. The van der Waals surface area contributed by atoms with Gasteiger partial charge in [-0.15, -0.1) is 13.2 Å². The van der Waals surface area contributed by atoms with Crippen LogP contribution >= 0.6 is 0 Å². The van der Waals surface area contributed by atoms with E-state index in [2.05, 4.69) is 4.74 Å². The molecule has 2 aliphatic rings. The molecule has 1 aromatic rings. The van der Waals surface area contributed by atoms with Crippen LogP contribution in [-0.4, -0.2) is 74.2 Å². The van der Waals surface area contributed by atoms with Crippen LogP contribution in [0.5, 0.6) is 11.5 Å². The predicted molar refractivity (Wildman–Crippen MR) is 134 cm³/mol. The van der Waals surface area contributed by atoms with Crippen molar-refractivity contribution < 1.29 is 41.7 Å². The molecular formula is C27H35F3N2O6. The van der Waals surface area contributed by atoms with Gasteiger partial charge < -0.3 is 24.0 Å². The summed E-state index contributed by atoms with van der Waals surface area (Å²) in [5.74, 6) is 0.494. The van der Waals surface area contributed by atoms with E-state index in [4.69, 9.17) is 14.2 Å². The predicted octanol–water partition coefficient (Wildman–Crippen LogP) is 5.18. The summed E-state index contributed by atoms with van der Waals surface area (Å²) >= 11 is 0. The molecule has 8 nitrogen and oxygen atoms in total. The van der Waals surface area contributed by atoms with E-state index in [-0.39, 0.29) is 19.6 Å². The summed E-state index contributed by atoms with van der Waals surface area (Å²) in [6, 6.07) is 1.53. The normalized spacial score (nSPS) is 19.8. The maximum atomic E-state index is 14.1. The van der Waals surface area contributed by atoms with Crippen LogP contribution < -0.4 is 9.47 Å². The molecule has 1 aliphatic carbocycles. The first-order valence-electron chi connectivity index (χ1n) is 12.6. The van der Waals surface area contributed by atoms with Crippen molar-refractivity contribution in [3.63, 3.8) is 0 Å². The lowest BCUT2D eigenvalue weighted by Gasteiger charge is -2.43. The van der Waals surface area contributed by atoms with E-state index in [1.807, 2.05) is 13.0 Å². The van der Waals surface area contributed by atoms with Crippen LogP contribution in [-0.2, 0) is 20.7 Å². The smallest absolute Gasteiger partial charge is 0.497 e. The molecule has 1 aromatic carbocycles. The molecule has 0 spiro atoms. The van der Waals surface area contributed by atoms with Crippen LogP contribution in [0.25, 0.3) is 0 Å².